The van der Waals surface area contributed by atoms with Crippen molar-refractivity contribution < 1.29 is 9.13 Å². The van der Waals surface area contributed by atoms with Crippen LogP contribution < -0.4 is 10.1 Å². The van der Waals surface area contributed by atoms with E-state index in [1.807, 2.05) is 0 Å². The number of benzene rings is 1. The van der Waals surface area contributed by atoms with E-state index in [0.717, 1.165) is 25.9 Å². The van der Waals surface area contributed by atoms with E-state index >= 15 is 0 Å². The molecule has 1 aliphatic heterocycles. The molecule has 0 N–H and O–H groups in total. The van der Waals surface area contributed by atoms with Gasteiger partial charge in [0.05, 0.1) is 5.02 Å². The van der Waals surface area contributed by atoms with Gasteiger partial charge in [0.2, 0.25) is 0 Å². The average molecular weight is 229 g/mol. The third kappa shape index (κ3) is 2.83. The molecule has 0 unspecified atom stereocenters. The maximum atomic E-state index is 12.9. The van der Waals surface area contributed by atoms with Crippen LogP contribution in [0.1, 0.15) is 12.8 Å². The summed E-state index contributed by atoms with van der Waals surface area (Å²) in [6.07, 6.45) is 2.04. The highest BCUT2D eigenvalue weighted by atomic mass is 35.5. The lowest BCUT2D eigenvalue weighted by Crippen LogP contribution is -2.30. The summed E-state index contributed by atoms with van der Waals surface area (Å²) in [7, 11) is 0. The van der Waals surface area contributed by atoms with Crippen LogP contribution in [0.15, 0.2) is 18.2 Å². The standard InChI is InChI=1S/C11H12ClFNO/c12-10-7-9(1-2-11(10)13)15-8-3-5-14-6-4-8/h1-2,7-8H,3-6H2. The van der Waals surface area contributed by atoms with Crippen molar-refractivity contribution >= 4 is 11.6 Å². The third-order valence-electron chi connectivity index (χ3n) is 2.41. The van der Waals surface area contributed by atoms with Crippen molar-refractivity contribution in [2.24, 2.45) is 0 Å². The Kier molecular flexibility index (Phi) is 3.44. The normalized spacial score (nSPS) is 17.7. The molecular weight excluding hydrogens is 217 g/mol. The molecule has 0 aliphatic carbocycles. The van der Waals surface area contributed by atoms with E-state index in [2.05, 4.69) is 5.32 Å². The Labute approximate surface area is 93.4 Å². The van der Waals surface area contributed by atoms with Gasteiger partial charge in [-0.05, 0) is 25.0 Å². The highest BCUT2D eigenvalue weighted by Crippen LogP contribution is 2.23. The van der Waals surface area contributed by atoms with Gasteiger partial charge in [-0.2, -0.15) is 0 Å². The molecular formula is C11H12ClFNO. The van der Waals surface area contributed by atoms with E-state index in [9.17, 15) is 4.39 Å². The summed E-state index contributed by atoms with van der Waals surface area (Å²) < 4.78 is 18.6. The molecule has 0 atom stereocenters. The number of hydrogen-bond acceptors (Lipinski definition) is 1. The van der Waals surface area contributed by atoms with Gasteiger partial charge in [-0.15, -0.1) is 0 Å². The fourth-order valence-corrected chi connectivity index (χ4v) is 1.76. The molecule has 0 spiro atoms. The SMILES string of the molecule is Fc1ccc(OC2CC[N]CC2)cc1Cl. The van der Waals surface area contributed by atoms with Crippen LogP contribution in [0.25, 0.3) is 0 Å². The van der Waals surface area contributed by atoms with Crippen LogP contribution in [0.3, 0.4) is 0 Å². The second-order valence-corrected chi connectivity index (χ2v) is 3.97. The van der Waals surface area contributed by atoms with Crippen LogP contribution in [-0.2, 0) is 0 Å². The van der Waals surface area contributed by atoms with E-state index < -0.39 is 5.82 Å². The van der Waals surface area contributed by atoms with Gasteiger partial charge in [0.15, 0.2) is 0 Å². The van der Waals surface area contributed by atoms with Gasteiger partial charge in [0.25, 0.3) is 0 Å². The molecule has 1 radical (unpaired) electrons. The highest BCUT2D eigenvalue weighted by Gasteiger charge is 2.15. The van der Waals surface area contributed by atoms with E-state index in [1.165, 1.54) is 12.1 Å². The van der Waals surface area contributed by atoms with Crippen molar-refractivity contribution in [3.05, 3.63) is 29.0 Å². The Hall–Kier alpha value is -0.800. The monoisotopic (exact) mass is 228 g/mol. The fourth-order valence-electron chi connectivity index (χ4n) is 1.59. The Morgan fingerprint density at radius 3 is 2.73 bits per heavy atom. The van der Waals surface area contributed by atoms with Crippen LogP contribution in [0, 0.1) is 5.82 Å². The topological polar surface area (TPSA) is 23.3 Å². The van der Waals surface area contributed by atoms with Crippen LogP contribution in [0.5, 0.6) is 5.75 Å². The lowest BCUT2D eigenvalue weighted by atomic mass is 10.1. The molecule has 0 bridgehead atoms. The van der Waals surface area contributed by atoms with Gasteiger partial charge in [-0.3, -0.25) is 0 Å². The summed E-state index contributed by atoms with van der Waals surface area (Å²) in [4.78, 5) is 0. The van der Waals surface area contributed by atoms with Gasteiger partial charge >= 0.3 is 0 Å². The smallest absolute Gasteiger partial charge is 0.142 e. The maximum absolute atomic E-state index is 12.9. The average Bonchev–Trinajstić information content (AvgIpc) is 2.25. The second-order valence-electron chi connectivity index (χ2n) is 3.56. The molecule has 15 heavy (non-hydrogen) atoms. The first-order valence-electron chi connectivity index (χ1n) is 5.00. The Bertz CT molecular complexity index is 339. The summed E-state index contributed by atoms with van der Waals surface area (Å²) in [6.45, 7) is 1.69. The summed E-state index contributed by atoms with van der Waals surface area (Å²) in [5.74, 6) is 0.218. The minimum atomic E-state index is -0.414. The predicted octanol–water partition coefficient (Wildman–Crippen LogP) is 2.62. The van der Waals surface area contributed by atoms with Gasteiger partial charge in [-0.1, -0.05) is 11.6 Å². The fraction of sp³-hybridized carbons (Fsp3) is 0.455. The molecule has 1 saturated heterocycles. The number of ether oxygens (including phenoxy) is 1. The van der Waals surface area contributed by atoms with Crippen molar-refractivity contribution in [3.63, 3.8) is 0 Å². The van der Waals surface area contributed by atoms with Crippen molar-refractivity contribution in [3.8, 4) is 5.75 Å². The Morgan fingerprint density at radius 2 is 2.07 bits per heavy atom. The Balaban J connectivity index is 2.00. The van der Waals surface area contributed by atoms with E-state index in [0.29, 0.717) is 5.75 Å². The van der Waals surface area contributed by atoms with Crippen LogP contribution in [0.2, 0.25) is 5.02 Å². The van der Waals surface area contributed by atoms with E-state index in [-0.39, 0.29) is 11.1 Å². The number of hydrogen-bond donors (Lipinski definition) is 0. The van der Waals surface area contributed by atoms with Gasteiger partial charge in [0, 0.05) is 19.2 Å². The first-order chi connectivity index (χ1) is 7.25. The zero-order chi connectivity index (χ0) is 10.7. The summed E-state index contributed by atoms with van der Waals surface area (Å²) >= 11 is 5.66. The third-order valence-corrected chi connectivity index (χ3v) is 2.70. The number of rotatable bonds is 2. The molecule has 2 nitrogen and oxygen atoms in total. The van der Waals surface area contributed by atoms with Crippen LogP contribution >= 0.6 is 11.6 Å². The molecule has 0 aromatic heterocycles. The van der Waals surface area contributed by atoms with Crippen molar-refractivity contribution in [1.29, 1.82) is 0 Å². The predicted molar refractivity (Wildman–Crippen MR) is 56.9 cm³/mol. The number of halogens is 2. The van der Waals surface area contributed by atoms with Gasteiger partial charge < -0.3 is 4.74 Å². The van der Waals surface area contributed by atoms with Crippen LogP contribution in [-0.4, -0.2) is 19.2 Å². The lowest BCUT2D eigenvalue weighted by molar-refractivity contribution is 0.161. The minimum Gasteiger partial charge on any atom is -0.490 e. The highest BCUT2D eigenvalue weighted by molar-refractivity contribution is 6.30. The molecule has 2 rings (SSSR count). The van der Waals surface area contributed by atoms with Crippen LogP contribution in [0.4, 0.5) is 4.39 Å². The molecule has 0 saturated carbocycles. The largest absolute Gasteiger partial charge is 0.490 e. The molecule has 0 amide bonds. The number of piperidine rings is 1. The minimum absolute atomic E-state index is 0.105. The molecule has 1 aliphatic rings. The Morgan fingerprint density at radius 1 is 1.33 bits per heavy atom. The summed E-state index contributed by atoms with van der Waals surface area (Å²) in [5.41, 5.74) is 0. The molecule has 4 heteroatoms. The molecule has 81 valence electrons. The van der Waals surface area contributed by atoms with Crippen molar-refractivity contribution in [2.75, 3.05) is 13.1 Å². The first-order valence-corrected chi connectivity index (χ1v) is 5.38. The second kappa shape index (κ2) is 4.81. The van der Waals surface area contributed by atoms with Crippen molar-refractivity contribution in [1.82, 2.24) is 5.32 Å². The molecule has 1 aromatic carbocycles. The zero-order valence-electron chi connectivity index (χ0n) is 8.25. The quantitative estimate of drug-likeness (QED) is 0.763. The molecule has 1 aromatic rings. The molecule has 1 fully saturated rings. The molecule has 1 heterocycles. The first kappa shape index (κ1) is 10.7. The van der Waals surface area contributed by atoms with Gasteiger partial charge in [0.1, 0.15) is 17.7 Å². The summed E-state index contributed by atoms with van der Waals surface area (Å²) in [5, 5.41) is 4.34. The van der Waals surface area contributed by atoms with Gasteiger partial charge in [-0.25, -0.2) is 9.71 Å². The lowest BCUT2D eigenvalue weighted by Gasteiger charge is -2.22. The number of nitrogens with zero attached hydrogens (tertiary/aromatic N) is 1. The zero-order valence-corrected chi connectivity index (χ0v) is 9.01. The van der Waals surface area contributed by atoms with Crippen molar-refractivity contribution in [2.45, 2.75) is 18.9 Å². The maximum Gasteiger partial charge on any atom is 0.142 e. The van der Waals surface area contributed by atoms with E-state index in [1.54, 1.807) is 6.07 Å². The van der Waals surface area contributed by atoms with E-state index in [4.69, 9.17) is 16.3 Å². The summed E-state index contributed by atoms with van der Waals surface area (Å²) in [6, 6.07) is 4.44.